The van der Waals surface area contributed by atoms with Crippen LogP contribution in [0.25, 0.3) is 0 Å². The summed E-state index contributed by atoms with van der Waals surface area (Å²) >= 11 is 9.00. The standard InChI is InChI=1S/C7H6BrClO/c8-7-2-1-6(9)3-5(7)4-10/h1-2,4,6H,3H2. The number of allylic oxidation sites excluding steroid dienone is 4. The first kappa shape index (κ1) is 8.02. The predicted molar refractivity (Wildman–Crippen MR) is 45.4 cm³/mol. The second-order valence-corrected chi connectivity index (χ2v) is 3.49. The summed E-state index contributed by atoms with van der Waals surface area (Å²) in [6.07, 6.45) is 5.13. The molecular weight excluding hydrogens is 215 g/mol. The van der Waals surface area contributed by atoms with Gasteiger partial charge in [-0.05, 0) is 6.42 Å². The lowest BCUT2D eigenvalue weighted by atomic mass is 10.1. The van der Waals surface area contributed by atoms with Gasteiger partial charge in [0.1, 0.15) is 6.29 Å². The Morgan fingerprint density at radius 3 is 3.00 bits per heavy atom. The van der Waals surface area contributed by atoms with Gasteiger partial charge in [-0.25, -0.2) is 0 Å². The molecule has 0 fully saturated rings. The zero-order valence-electron chi connectivity index (χ0n) is 5.18. The molecule has 0 N–H and O–H groups in total. The third-order valence-electron chi connectivity index (χ3n) is 1.32. The van der Waals surface area contributed by atoms with Crippen LogP contribution in [-0.4, -0.2) is 11.7 Å². The van der Waals surface area contributed by atoms with Crippen LogP contribution in [0.4, 0.5) is 0 Å². The van der Waals surface area contributed by atoms with Gasteiger partial charge >= 0.3 is 0 Å². The molecule has 3 heteroatoms. The Hall–Kier alpha value is -0.0800. The van der Waals surface area contributed by atoms with Crippen LogP contribution in [0.2, 0.25) is 0 Å². The number of hydrogen-bond acceptors (Lipinski definition) is 1. The maximum Gasteiger partial charge on any atom is 0.147 e. The molecule has 1 nitrogen and oxygen atoms in total. The third-order valence-corrected chi connectivity index (χ3v) is 2.39. The number of halogens is 2. The van der Waals surface area contributed by atoms with Crippen LogP contribution in [-0.2, 0) is 4.79 Å². The molecule has 1 atom stereocenters. The van der Waals surface area contributed by atoms with E-state index >= 15 is 0 Å². The van der Waals surface area contributed by atoms with Crippen molar-refractivity contribution >= 4 is 33.8 Å². The van der Waals surface area contributed by atoms with Gasteiger partial charge < -0.3 is 0 Å². The van der Waals surface area contributed by atoms with E-state index in [4.69, 9.17) is 11.6 Å². The van der Waals surface area contributed by atoms with Crippen molar-refractivity contribution in [2.75, 3.05) is 0 Å². The summed E-state index contributed by atoms with van der Waals surface area (Å²) in [5, 5.41) is -0.0264. The van der Waals surface area contributed by atoms with E-state index in [1.54, 1.807) is 0 Å². The molecule has 0 amide bonds. The fourth-order valence-corrected chi connectivity index (χ4v) is 1.42. The molecule has 0 saturated carbocycles. The van der Waals surface area contributed by atoms with Gasteiger partial charge in [-0.1, -0.05) is 28.1 Å². The van der Waals surface area contributed by atoms with Crippen molar-refractivity contribution < 1.29 is 4.79 Å². The van der Waals surface area contributed by atoms with E-state index in [1.807, 2.05) is 12.2 Å². The highest BCUT2D eigenvalue weighted by Gasteiger charge is 2.11. The lowest BCUT2D eigenvalue weighted by Crippen LogP contribution is -2.02. The molecule has 1 rings (SSSR count). The van der Waals surface area contributed by atoms with E-state index in [1.165, 1.54) is 0 Å². The molecule has 0 radical (unpaired) electrons. The summed E-state index contributed by atoms with van der Waals surface area (Å²) < 4.78 is 0.847. The van der Waals surface area contributed by atoms with Gasteiger partial charge in [0.2, 0.25) is 0 Å². The van der Waals surface area contributed by atoms with Crippen LogP contribution in [0.15, 0.2) is 22.2 Å². The minimum Gasteiger partial charge on any atom is -0.298 e. The Morgan fingerprint density at radius 2 is 2.50 bits per heavy atom. The largest absolute Gasteiger partial charge is 0.298 e. The lowest BCUT2D eigenvalue weighted by Gasteiger charge is -2.09. The summed E-state index contributed by atoms with van der Waals surface area (Å²) in [5.74, 6) is 0. The molecule has 0 aromatic heterocycles. The van der Waals surface area contributed by atoms with Crippen molar-refractivity contribution in [3.05, 3.63) is 22.2 Å². The molecule has 0 aliphatic heterocycles. The fourth-order valence-electron chi connectivity index (χ4n) is 0.776. The molecular formula is C7H6BrClO. The number of rotatable bonds is 1. The molecule has 0 heterocycles. The fraction of sp³-hybridized carbons (Fsp3) is 0.286. The summed E-state index contributed by atoms with van der Waals surface area (Å²) in [5.41, 5.74) is 0.738. The van der Waals surface area contributed by atoms with Gasteiger partial charge in [0.05, 0.1) is 5.38 Å². The van der Waals surface area contributed by atoms with Gasteiger partial charge in [-0.15, -0.1) is 11.6 Å². The third kappa shape index (κ3) is 1.70. The van der Waals surface area contributed by atoms with Gasteiger partial charge in [0.25, 0.3) is 0 Å². The molecule has 1 aliphatic carbocycles. The van der Waals surface area contributed by atoms with E-state index in [0.29, 0.717) is 6.42 Å². The Morgan fingerprint density at radius 1 is 1.80 bits per heavy atom. The van der Waals surface area contributed by atoms with Crippen LogP contribution >= 0.6 is 27.5 Å². The second kappa shape index (κ2) is 3.35. The Kier molecular flexibility index (Phi) is 2.69. The summed E-state index contributed by atoms with van der Waals surface area (Å²) in [6.45, 7) is 0. The van der Waals surface area contributed by atoms with Gasteiger partial charge in [0, 0.05) is 10.1 Å². The molecule has 0 aromatic carbocycles. The summed E-state index contributed by atoms with van der Waals surface area (Å²) in [4.78, 5) is 10.3. The van der Waals surface area contributed by atoms with E-state index in [-0.39, 0.29) is 5.38 Å². The van der Waals surface area contributed by atoms with E-state index in [2.05, 4.69) is 15.9 Å². The number of hydrogen-bond donors (Lipinski definition) is 0. The molecule has 54 valence electrons. The highest BCUT2D eigenvalue weighted by Crippen LogP contribution is 2.24. The smallest absolute Gasteiger partial charge is 0.147 e. The molecule has 0 bridgehead atoms. The van der Waals surface area contributed by atoms with Gasteiger partial charge in [-0.3, -0.25) is 4.79 Å². The van der Waals surface area contributed by atoms with Crippen molar-refractivity contribution in [3.8, 4) is 0 Å². The first-order chi connectivity index (χ1) is 4.74. The number of carbonyl (C=O) groups is 1. The summed E-state index contributed by atoms with van der Waals surface area (Å²) in [6, 6.07) is 0. The van der Waals surface area contributed by atoms with Crippen LogP contribution in [0.5, 0.6) is 0 Å². The maximum atomic E-state index is 10.3. The Labute approximate surface area is 72.9 Å². The summed E-state index contributed by atoms with van der Waals surface area (Å²) in [7, 11) is 0. The quantitative estimate of drug-likeness (QED) is 0.491. The normalized spacial score (nSPS) is 25.2. The van der Waals surface area contributed by atoms with Crippen LogP contribution in [0.1, 0.15) is 6.42 Å². The first-order valence-corrected chi connectivity index (χ1v) is 4.13. The topological polar surface area (TPSA) is 17.1 Å². The van der Waals surface area contributed by atoms with Crippen molar-refractivity contribution in [1.82, 2.24) is 0 Å². The molecule has 10 heavy (non-hydrogen) atoms. The van der Waals surface area contributed by atoms with E-state index in [9.17, 15) is 4.79 Å². The molecule has 0 spiro atoms. The Balaban J connectivity index is 2.83. The van der Waals surface area contributed by atoms with Crippen molar-refractivity contribution in [2.24, 2.45) is 0 Å². The second-order valence-electron chi connectivity index (χ2n) is 2.07. The highest BCUT2D eigenvalue weighted by atomic mass is 79.9. The number of aldehydes is 1. The SMILES string of the molecule is O=CC1=C(Br)C=CC(Cl)C1. The lowest BCUT2D eigenvalue weighted by molar-refractivity contribution is -0.105. The van der Waals surface area contributed by atoms with E-state index < -0.39 is 0 Å². The van der Waals surface area contributed by atoms with Gasteiger partial charge in [0.15, 0.2) is 0 Å². The average molecular weight is 221 g/mol. The molecule has 0 aromatic rings. The first-order valence-electron chi connectivity index (χ1n) is 2.90. The van der Waals surface area contributed by atoms with Crippen molar-refractivity contribution in [2.45, 2.75) is 11.8 Å². The van der Waals surface area contributed by atoms with Crippen LogP contribution in [0.3, 0.4) is 0 Å². The maximum absolute atomic E-state index is 10.3. The van der Waals surface area contributed by atoms with Gasteiger partial charge in [-0.2, -0.15) is 0 Å². The number of carbonyl (C=O) groups excluding carboxylic acids is 1. The molecule has 0 saturated heterocycles. The number of alkyl halides is 1. The highest BCUT2D eigenvalue weighted by molar-refractivity contribution is 9.11. The van der Waals surface area contributed by atoms with Crippen LogP contribution in [0, 0.1) is 0 Å². The minimum absolute atomic E-state index is 0.0264. The monoisotopic (exact) mass is 220 g/mol. The zero-order chi connectivity index (χ0) is 7.56. The van der Waals surface area contributed by atoms with E-state index in [0.717, 1.165) is 16.3 Å². The van der Waals surface area contributed by atoms with Crippen molar-refractivity contribution in [1.29, 1.82) is 0 Å². The van der Waals surface area contributed by atoms with Crippen molar-refractivity contribution in [3.63, 3.8) is 0 Å². The Bertz CT molecular complexity index is 208. The minimum atomic E-state index is -0.0264. The zero-order valence-corrected chi connectivity index (χ0v) is 7.52. The van der Waals surface area contributed by atoms with Crippen LogP contribution < -0.4 is 0 Å². The molecule has 1 unspecified atom stereocenters. The molecule has 1 aliphatic rings. The average Bonchev–Trinajstić information content (AvgIpc) is 1.94. The predicted octanol–water partition coefficient (Wildman–Crippen LogP) is 2.40.